The maximum Gasteiger partial charge on any atom is 0.243 e. The van der Waals surface area contributed by atoms with Gasteiger partial charge >= 0.3 is 0 Å². The number of nitrogens with zero attached hydrogens (tertiary/aromatic N) is 5. The zero-order chi connectivity index (χ0) is 17.3. The van der Waals surface area contributed by atoms with Crippen LogP contribution < -0.4 is 0 Å². The number of rotatable bonds is 5. The van der Waals surface area contributed by atoms with E-state index in [4.69, 9.17) is 4.52 Å². The summed E-state index contributed by atoms with van der Waals surface area (Å²) in [5.74, 6) is 0.579. The molecule has 0 saturated heterocycles. The van der Waals surface area contributed by atoms with Crippen molar-refractivity contribution in [2.45, 2.75) is 18.4 Å². The van der Waals surface area contributed by atoms with Gasteiger partial charge in [0.15, 0.2) is 0 Å². The van der Waals surface area contributed by atoms with Gasteiger partial charge in [0.05, 0.1) is 24.0 Å². The third-order valence-corrected chi connectivity index (χ3v) is 5.42. The van der Waals surface area contributed by atoms with E-state index in [9.17, 15) is 8.42 Å². The van der Waals surface area contributed by atoms with Crippen LogP contribution in [-0.4, -0.2) is 39.5 Å². The Morgan fingerprint density at radius 3 is 2.58 bits per heavy atom. The topological polar surface area (TPSA) is 94.1 Å². The molecule has 0 radical (unpaired) electrons. The van der Waals surface area contributed by atoms with E-state index in [0.717, 1.165) is 5.56 Å². The summed E-state index contributed by atoms with van der Waals surface area (Å²) in [5, 5.41) is 3.87. The molecule has 8 nitrogen and oxygen atoms in total. The predicted molar refractivity (Wildman–Crippen MR) is 86.3 cm³/mol. The summed E-state index contributed by atoms with van der Waals surface area (Å²) in [6, 6.07) is 6.67. The van der Waals surface area contributed by atoms with Crippen molar-refractivity contribution in [3.05, 3.63) is 48.2 Å². The highest BCUT2D eigenvalue weighted by atomic mass is 32.2. The van der Waals surface area contributed by atoms with Crippen LogP contribution in [0.1, 0.15) is 11.5 Å². The van der Waals surface area contributed by atoms with Crippen molar-refractivity contribution in [3.63, 3.8) is 0 Å². The molecule has 3 aromatic rings. The van der Waals surface area contributed by atoms with Crippen LogP contribution >= 0.6 is 0 Å². The van der Waals surface area contributed by atoms with Gasteiger partial charge in [-0.3, -0.25) is 0 Å². The standard InChI is InChI=1S/C15H17N5O3S/c1-11-4-6-12(7-5-11)24(21,22)20(3)9-14-17-15(18-23-14)13-8-16-10-19(13)2/h4-8,10H,9H2,1-3H3. The van der Waals surface area contributed by atoms with Gasteiger partial charge in [0.25, 0.3) is 0 Å². The Balaban J connectivity index is 1.80. The van der Waals surface area contributed by atoms with E-state index in [0.29, 0.717) is 11.5 Å². The van der Waals surface area contributed by atoms with Gasteiger partial charge in [-0.1, -0.05) is 22.9 Å². The molecule has 0 aliphatic heterocycles. The fraction of sp³-hybridized carbons (Fsp3) is 0.267. The molecule has 3 rings (SSSR count). The number of hydrogen-bond donors (Lipinski definition) is 0. The van der Waals surface area contributed by atoms with Crippen LogP contribution in [0, 0.1) is 6.92 Å². The Morgan fingerprint density at radius 2 is 1.96 bits per heavy atom. The second kappa shape index (κ2) is 6.17. The van der Waals surface area contributed by atoms with Gasteiger partial charge in [-0.2, -0.15) is 9.29 Å². The third-order valence-electron chi connectivity index (χ3n) is 3.60. The van der Waals surface area contributed by atoms with Gasteiger partial charge in [-0.15, -0.1) is 0 Å². The number of hydrogen-bond acceptors (Lipinski definition) is 6. The molecular weight excluding hydrogens is 330 g/mol. The van der Waals surface area contributed by atoms with E-state index in [2.05, 4.69) is 15.1 Å². The summed E-state index contributed by atoms with van der Waals surface area (Å²) < 4.78 is 33.2. The Bertz CT molecular complexity index is 944. The fourth-order valence-electron chi connectivity index (χ4n) is 2.16. The average molecular weight is 347 g/mol. The van der Waals surface area contributed by atoms with Crippen molar-refractivity contribution < 1.29 is 12.9 Å². The first-order valence-electron chi connectivity index (χ1n) is 7.20. The van der Waals surface area contributed by atoms with Crippen molar-refractivity contribution in [1.82, 2.24) is 24.0 Å². The molecule has 0 fully saturated rings. The fourth-order valence-corrected chi connectivity index (χ4v) is 3.28. The molecular formula is C15H17N5O3S. The lowest BCUT2D eigenvalue weighted by molar-refractivity contribution is 0.336. The summed E-state index contributed by atoms with van der Waals surface area (Å²) in [6.45, 7) is 1.89. The molecule has 0 amide bonds. The molecule has 2 heterocycles. The average Bonchev–Trinajstić information content (AvgIpc) is 3.16. The Kier molecular flexibility index (Phi) is 4.20. The van der Waals surface area contributed by atoms with Gasteiger partial charge in [0, 0.05) is 14.1 Å². The first kappa shape index (κ1) is 16.3. The number of aromatic nitrogens is 4. The van der Waals surface area contributed by atoms with E-state index >= 15 is 0 Å². The summed E-state index contributed by atoms with van der Waals surface area (Å²) in [6.07, 6.45) is 3.24. The molecule has 0 unspecified atom stereocenters. The minimum Gasteiger partial charge on any atom is -0.337 e. The molecule has 0 atom stereocenters. The van der Waals surface area contributed by atoms with Crippen LogP contribution in [-0.2, 0) is 23.6 Å². The summed E-state index contributed by atoms with van der Waals surface area (Å²) >= 11 is 0. The van der Waals surface area contributed by atoms with Crippen LogP contribution in [0.3, 0.4) is 0 Å². The van der Waals surface area contributed by atoms with E-state index in [-0.39, 0.29) is 17.3 Å². The maximum absolute atomic E-state index is 12.6. The van der Waals surface area contributed by atoms with Gasteiger partial charge in [-0.05, 0) is 19.1 Å². The molecule has 0 bridgehead atoms. The highest BCUT2D eigenvalue weighted by Gasteiger charge is 2.23. The first-order valence-corrected chi connectivity index (χ1v) is 8.64. The van der Waals surface area contributed by atoms with E-state index in [1.165, 1.54) is 11.4 Å². The molecule has 24 heavy (non-hydrogen) atoms. The summed E-state index contributed by atoms with van der Waals surface area (Å²) in [7, 11) is -0.331. The molecule has 0 spiro atoms. The minimum absolute atomic E-state index is 0.0128. The highest BCUT2D eigenvalue weighted by molar-refractivity contribution is 7.89. The normalized spacial score (nSPS) is 12.0. The SMILES string of the molecule is Cc1ccc(S(=O)(=O)N(C)Cc2nc(-c3cncn3C)no2)cc1. The Morgan fingerprint density at radius 1 is 1.25 bits per heavy atom. The van der Waals surface area contributed by atoms with Crippen LogP contribution in [0.2, 0.25) is 0 Å². The van der Waals surface area contributed by atoms with Crippen molar-refractivity contribution >= 4 is 10.0 Å². The number of imidazole rings is 1. The van der Waals surface area contributed by atoms with Crippen molar-refractivity contribution in [1.29, 1.82) is 0 Å². The number of sulfonamides is 1. The van der Waals surface area contributed by atoms with E-state index in [1.54, 1.807) is 41.4 Å². The second-order valence-corrected chi connectivity index (χ2v) is 7.52. The van der Waals surface area contributed by atoms with Gasteiger partial charge in [0.2, 0.25) is 21.7 Å². The zero-order valence-electron chi connectivity index (χ0n) is 13.5. The smallest absolute Gasteiger partial charge is 0.243 e. The largest absolute Gasteiger partial charge is 0.337 e. The molecule has 0 N–H and O–H groups in total. The Hall–Kier alpha value is -2.52. The minimum atomic E-state index is -3.62. The van der Waals surface area contributed by atoms with Crippen molar-refractivity contribution in [3.8, 4) is 11.5 Å². The quantitative estimate of drug-likeness (QED) is 0.696. The van der Waals surface area contributed by atoms with Crippen LogP contribution in [0.4, 0.5) is 0 Å². The van der Waals surface area contributed by atoms with Gasteiger partial charge in [0.1, 0.15) is 5.69 Å². The lowest BCUT2D eigenvalue weighted by Gasteiger charge is -2.15. The second-order valence-electron chi connectivity index (χ2n) is 5.48. The van der Waals surface area contributed by atoms with Crippen molar-refractivity contribution in [2.24, 2.45) is 7.05 Å². The molecule has 0 aliphatic rings. The maximum atomic E-state index is 12.6. The molecule has 0 aliphatic carbocycles. The first-order chi connectivity index (χ1) is 11.4. The number of aryl methyl sites for hydroxylation is 2. The highest BCUT2D eigenvalue weighted by Crippen LogP contribution is 2.19. The molecule has 0 saturated carbocycles. The van der Waals surface area contributed by atoms with Gasteiger partial charge < -0.3 is 9.09 Å². The molecule has 1 aromatic carbocycles. The van der Waals surface area contributed by atoms with Crippen LogP contribution in [0.15, 0.2) is 46.2 Å². The van der Waals surface area contributed by atoms with Gasteiger partial charge in [-0.25, -0.2) is 13.4 Å². The van der Waals surface area contributed by atoms with Crippen LogP contribution in [0.5, 0.6) is 0 Å². The van der Waals surface area contributed by atoms with Crippen LogP contribution in [0.25, 0.3) is 11.5 Å². The monoisotopic (exact) mass is 347 g/mol. The van der Waals surface area contributed by atoms with E-state index < -0.39 is 10.0 Å². The zero-order valence-corrected chi connectivity index (χ0v) is 14.4. The molecule has 126 valence electrons. The number of benzene rings is 1. The molecule has 2 aromatic heterocycles. The van der Waals surface area contributed by atoms with Crippen molar-refractivity contribution in [2.75, 3.05) is 7.05 Å². The summed E-state index contributed by atoms with van der Waals surface area (Å²) in [5.41, 5.74) is 1.68. The third kappa shape index (κ3) is 3.08. The lowest BCUT2D eigenvalue weighted by Crippen LogP contribution is -2.26. The Labute approximate surface area is 139 Å². The lowest BCUT2D eigenvalue weighted by atomic mass is 10.2. The molecule has 9 heteroatoms. The van der Waals surface area contributed by atoms with E-state index in [1.807, 2.05) is 14.0 Å². The summed E-state index contributed by atoms with van der Waals surface area (Å²) in [4.78, 5) is 8.44. The predicted octanol–water partition coefficient (Wildman–Crippen LogP) is 1.60.